The van der Waals surface area contributed by atoms with Gasteiger partial charge in [0.25, 0.3) is 0 Å². The van der Waals surface area contributed by atoms with Gasteiger partial charge < -0.3 is 9.64 Å². The van der Waals surface area contributed by atoms with Crippen molar-refractivity contribution in [2.45, 2.75) is 45.3 Å². The molecule has 4 aromatic rings. The number of fused-ring (bicyclic) bond motifs is 1. The van der Waals surface area contributed by atoms with Crippen LogP contribution in [-0.2, 0) is 4.74 Å². The fourth-order valence-electron chi connectivity index (χ4n) is 4.70. The standard InChI is InChI=1S/C28H30N4O3/c1-28(2,3)35-27(34)30-18-15-23(16-19-30)32-25-24(10-7-17-29-25)31(26(32)33)22-13-11-21(12-14-22)20-8-5-4-6-9-20/h4-14,17,23H,15-16,18-19H2,1-3H3. The number of carbonyl (C=O) groups is 1. The molecule has 0 saturated carbocycles. The highest BCUT2D eigenvalue weighted by atomic mass is 16.6. The van der Waals surface area contributed by atoms with E-state index in [1.165, 1.54) is 0 Å². The van der Waals surface area contributed by atoms with Gasteiger partial charge in [0.05, 0.1) is 11.2 Å². The van der Waals surface area contributed by atoms with Crippen LogP contribution in [0.4, 0.5) is 4.79 Å². The van der Waals surface area contributed by atoms with E-state index in [1.807, 2.05) is 75.4 Å². The Morgan fingerprint density at radius 3 is 2.23 bits per heavy atom. The van der Waals surface area contributed by atoms with Crippen LogP contribution in [0.2, 0.25) is 0 Å². The maximum atomic E-state index is 13.7. The monoisotopic (exact) mass is 470 g/mol. The van der Waals surface area contributed by atoms with Gasteiger partial charge in [-0.25, -0.2) is 14.6 Å². The zero-order valence-electron chi connectivity index (χ0n) is 20.3. The van der Waals surface area contributed by atoms with Crippen molar-refractivity contribution in [3.8, 4) is 16.8 Å². The van der Waals surface area contributed by atoms with E-state index in [0.717, 1.165) is 22.3 Å². The Morgan fingerprint density at radius 2 is 1.57 bits per heavy atom. The number of piperidine rings is 1. The lowest BCUT2D eigenvalue weighted by Crippen LogP contribution is -2.43. The highest BCUT2D eigenvalue weighted by molar-refractivity contribution is 5.75. The lowest BCUT2D eigenvalue weighted by molar-refractivity contribution is 0.0188. The van der Waals surface area contributed by atoms with E-state index in [4.69, 9.17) is 4.74 Å². The van der Waals surface area contributed by atoms with Gasteiger partial charge in [-0.3, -0.25) is 9.13 Å². The molecular formula is C28H30N4O3. The number of likely N-dealkylation sites (tertiary alicyclic amines) is 1. The quantitative estimate of drug-likeness (QED) is 0.401. The predicted molar refractivity (Wildman–Crippen MR) is 137 cm³/mol. The van der Waals surface area contributed by atoms with E-state index in [-0.39, 0.29) is 17.8 Å². The van der Waals surface area contributed by atoms with Gasteiger partial charge in [-0.1, -0.05) is 42.5 Å². The molecule has 0 atom stereocenters. The summed E-state index contributed by atoms with van der Waals surface area (Å²) in [6.45, 7) is 6.67. The van der Waals surface area contributed by atoms with Crippen molar-refractivity contribution in [2.75, 3.05) is 13.1 Å². The van der Waals surface area contributed by atoms with Crippen molar-refractivity contribution < 1.29 is 9.53 Å². The van der Waals surface area contributed by atoms with Gasteiger partial charge in [-0.2, -0.15) is 0 Å². The molecule has 0 N–H and O–H groups in total. The topological polar surface area (TPSA) is 69.4 Å². The normalized spacial score (nSPS) is 14.9. The summed E-state index contributed by atoms with van der Waals surface area (Å²) in [4.78, 5) is 32.5. The molecule has 2 aromatic heterocycles. The Hall–Kier alpha value is -3.87. The Balaban J connectivity index is 1.45. The van der Waals surface area contributed by atoms with Crippen LogP contribution >= 0.6 is 0 Å². The molecule has 1 saturated heterocycles. The molecule has 1 fully saturated rings. The SMILES string of the molecule is CC(C)(C)OC(=O)N1CCC(n2c(=O)n(-c3ccc(-c4ccccc4)cc3)c3cccnc32)CC1. The highest BCUT2D eigenvalue weighted by Gasteiger charge is 2.30. The molecular weight excluding hydrogens is 440 g/mol. The third-order valence-electron chi connectivity index (χ3n) is 6.35. The second-order valence-corrected chi connectivity index (χ2v) is 9.95. The molecule has 7 nitrogen and oxygen atoms in total. The largest absolute Gasteiger partial charge is 0.444 e. The first-order valence-corrected chi connectivity index (χ1v) is 12.0. The third kappa shape index (κ3) is 4.58. The van der Waals surface area contributed by atoms with E-state index in [0.29, 0.717) is 31.6 Å². The van der Waals surface area contributed by atoms with E-state index < -0.39 is 5.60 Å². The number of amides is 1. The molecule has 0 aliphatic carbocycles. The zero-order chi connectivity index (χ0) is 24.6. The van der Waals surface area contributed by atoms with Crippen molar-refractivity contribution in [2.24, 2.45) is 0 Å². The number of hydrogen-bond acceptors (Lipinski definition) is 4. The summed E-state index contributed by atoms with van der Waals surface area (Å²) in [5, 5.41) is 0. The number of pyridine rings is 1. The molecule has 3 heterocycles. The first-order chi connectivity index (χ1) is 16.8. The first kappa shape index (κ1) is 22.9. The number of aromatic nitrogens is 3. The van der Waals surface area contributed by atoms with E-state index in [9.17, 15) is 9.59 Å². The molecule has 5 rings (SSSR count). The number of ether oxygens (including phenoxy) is 1. The second-order valence-electron chi connectivity index (χ2n) is 9.95. The van der Waals surface area contributed by atoms with Gasteiger partial charge in [0.15, 0.2) is 5.65 Å². The van der Waals surface area contributed by atoms with Gasteiger partial charge in [0, 0.05) is 25.3 Å². The molecule has 180 valence electrons. The molecule has 7 heteroatoms. The molecule has 1 aliphatic rings. The Bertz CT molecular complexity index is 1390. The fourth-order valence-corrected chi connectivity index (χ4v) is 4.70. The van der Waals surface area contributed by atoms with Crippen LogP contribution in [0.25, 0.3) is 28.0 Å². The van der Waals surface area contributed by atoms with Crippen molar-refractivity contribution >= 4 is 17.3 Å². The van der Waals surface area contributed by atoms with Crippen LogP contribution in [0, 0.1) is 0 Å². The molecule has 0 radical (unpaired) electrons. The van der Waals surface area contributed by atoms with Crippen molar-refractivity contribution in [3.63, 3.8) is 0 Å². The van der Waals surface area contributed by atoms with Crippen LogP contribution in [0.3, 0.4) is 0 Å². The maximum Gasteiger partial charge on any atom is 0.410 e. The zero-order valence-corrected chi connectivity index (χ0v) is 20.3. The molecule has 1 aliphatic heterocycles. The lowest BCUT2D eigenvalue weighted by Gasteiger charge is -2.33. The van der Waals surface area contributed by atoms with Crippen LogP contribution < -0.4 is 5.69 Å². The van der Waals surface area contributed by atoms with Gasteiger partial charge in [-0.05, 0) is 69.0 Å². The minimum absolute atomic E-state index is 0.0385. The summed E-state index contributed by atoms with van der Waals surface area (Å²) < 4.78 is 9.05. The van der Waals surface area contributed by atoms with E-state index in [1.54, 1.807) is 20.2 Å². The van der Waals surface area contributed by atoms with Crippen LogP contribution in [0.5, 0.6) is 0 Å². The third-order valence-corrected chi connectivity index (χ3v) is 6.35. The summed E-state index contributed by atoms with van der Waals surface area (Å²) in [7, 11) is 0. The molecule has 0 bridgehead atoms. The van der Waals surface area contributed by atoms with Gasteiger partial charge in [0.2, 0.25) is 0 Å². The van der Waals surface area contributed by atoms with Crippen molar-refractivity contribution in [1.29, 1.82) is 0 Å². The molecule has 0 unspecified atom stereocenters. The van der Waals surface area contributed by atoms with Crippen molar-refractivity contribution in [3.05, 3.63) is 83.4 Å². The molecule has 1 amide bonds. The molecule has 35 heavy (non-hydrogen) atoms. The average Bonchev–Trinajstić information content (AvgIpc) is 3.15. The van der Waals surface area contributed by atoms with Gasteiger partial charge >= 0.3 is 11.8 Å². The van der Waals surface area contributed by atoms with Crippen molar-refractivity contribution in [1.82, 2.24) is 19.0 Å². The lowest BCUT2D eigenvalue weighted by atomic mass is 10.1. The highest BCUT2D eigenvalue weighted by Crippen LogP contribution is 2.28. The summed E-state index contributed by atoms with van der Waals surface area (Å²) in [6.07, 6.45) is 2.75. The Labute approximate surface area is 204 Å². The van der Waals surface area contributed by atoms with Gasteiger partial charge in [0.1, 0.15) is 5.60 Å². The Kier molecular flexibility index (Phi) is 5.93. The summed E-state index contributed by atoms with van der Waals surface area (Å²) in [5.74, 6) is 0. The van der Waals surface area contributed by atoms with E-state index >= 15 is 0 Å². The number of benzene rings is 2. The number of nitrogens with zero attached hydrogens (tertiary/aromatic N) is 4. The van der Waals surface area contributed by atoms with Crippen LogP contribution in [0.15, 0.2) is 77.7 Å². The van der Waals surface area contributed by atoms with E-state index in [2.05, 4.69) is 17.1 Å². The van der Waals surface area contributed by atoms with Crippen LogP contribution in [0.1, 0.15) is 39.7 Å². The minimum Gasteiger partial charge on any atom is -0.444 e. The first-order valence-electron chi connectivity index (χ1n) is 12.0. The summed E-state index contributed by atoms with van der Waals surface area (Å²) in [6, 6.07) is 21.9. The number of rotatable bonds is 3. The number of imidazole rings is 1. The summed E-state index contributed by atoms with van der Waals surface area (Å²) >= 11 is 0. The Morgan fingerprint density at radius 1 is 0.914 bits per heavy atom. The second kappa shape index (κ2) is 9.06. The molecule has 0 spiro atoms. The smallest absolute Gasteiger partial charge is 0.410 e. The number of carbonyl (C=O) groups excluding carboxylic acids is 1. The van der Waals surface area contributed by atoms with Gasteiger partial charge in [-0.15, -0.1) is 0 Å². The number of hydrogen-bond donors (Lipinski definition) is 0. The predicted octanol–water partition coefficient (Wildman–Crippen LogP) is 5.43. The minimum atomic E-state index is -0.529. The van der Waals surface area contributed by atoms with Crippen LogP contribution in [-0.4, -0.2) is 43.8 Å². The maximum absolute atomic E-state index is 13.7. The molecule has 2 aromatic carbocycles. The summed E-state index contributed by atoms with van der Waals surface area (Å²) in [5.41, 5.74) is 3.84. The average molecular weight is 471 g/mol. The fraction of sp³-hybridized carbons (Fsp3) is 0.321.